The Morgan fingerprint density at radius 3 is 2.85 bits per heavy atom. The Hall–Kier alpha value is -0.410. The molecule has 13 heavy (non-hydrogen) atoms. The van der Waals surface area contributed by atoms with Gasteiger partial charge in [0.05, 0.1) is 12.2 Å². The van der Waals surface area contributed by atoms with E-state index < -0.39 is 5.60 Å². The molecule has 0 atom stereocenters. The largest absolute Gasteiger partial charge is 0.366 e. The Balaban J connectivity index is 2.65. The van der Waals surface area contributed by atoms with Gasteiger partial charge in [-0.2, -0.15) is 0 Å². The third kappa shape index (κ3) is 1.40. The number of hydrogen-bond donors (Lipinski definition) is 0. The van der Waals surface area contributed by atoms with Gasteiger partial charge in [-0.1, -0.05) is 15.9 Å². The predicted octanol–water partition coefficient (Wildman–Crippen LogP) is 3.35. The normalized spacial score (nSPS) is 18.8. The van der Waals surface area contributed by atoms with Gasteiger partial charge in [0.25, 0.3) is 0 Å². The molecule has 0 aliphatic carbocycles. The second-order valence-electron chi connectivity index (χ2n) is 3.72. The van der Waals surface area contributed by atoms with Crippen molar-refractivity contribution in [2.75, 3.05) is 0 Å². The van der Waals surface area contributed by atoms with Crippen molar-refractivity contribution in [2.45, 2.75) is 26.1 Å². The van der Waals surface area contributed by atoms with Gasteiger partial charge in [-0.15, -0.1) is 0 Å². The van der Waals surface area contributed by atoms with Gasteiger partial charge < -0.3 is 4.74 Å². The van der Waals surface area contributed by atoms with Crippen LogP contribution in [-0.4, -0.2) is 0 Å². The average molecular weight is 245 g/mol. The van der Waals surface area contributed by atoms with E-state index in [1.165, 1.54) is 6.07 Å². The molecule has 1 nitrogen and oxygen atoms in total. The maximum atomic E-state index is 13.5. The molecule has 0 spiro atoms. The van der Waals surface area contributed by atoms with Crippen LogP contribution in [0.3, 0.4) is 0 Å². The van der Waals surface area contributed by atoms with Crippen LogP contribution in [-0.2, 0) is 16.9 Å². The summed E-state index contributed by atoms with van der Waals surface area (Å²) in [5.41, 5.74) is 1.15. The highest BCUT2D eigenvalue weighted by molar-refractivity contribution is 9.10. The summed E-state index contributed by atoms with van der Waals surface area (Å²) in [5, 5.41) is 0. The Morgan fingerprint density at radius 2 is 2.15 bits per heavy atom. The molecule has 1 aliphatic rings. The van der Waals surface area contributed by atoms with E-state index >= 15 is 0 Å². The molecule has 2 rings (SSSR count). The molecular weight excluding hydrogens is 235 g/mol. The maximum absolute atomic E-state index is 13.5. The lowest BCUT2D eigenvalue weighted by Gasteiger charge is -2.18. The number of hydrogen-bond acceptors (Lipinski definition) is 1. The zero-order chi connectivity index (χ0) is 9.64. The van der Waals surface area contributed by atoms with E-state index in [2.05, 4.69) is 15.9 Å². The molecular formula is C10H10BrFO. The summed E-state index contributed by atoms with van der Waals surface area (Å²) in [6.45, 7) is 4.27. The van der Waals surface area contributed by atoms with E-state index in [1.54, 1.807) is 0 Å². The number of halogens is 2. The van der Waals surface area contributed by atoms with Gasteiger partial charge in [0.2, 0.25) is 0 Å². The first-order valence-corrected chi connectivity index (χ1v) is 4.92. The molecule has 1 aromatic carbocycles. The highest BCUT2D eigenvalue weighted by Crippen LogP contribution is 2.38. The van der Waals surface area contributed by atoms with Crippen molar-refractivity contribution in [3.63, 3.8) is 0 Å². The van der Waals surface area contributed by atoms with Gasteiger partial charge >= 0.3 is 0 Å². The number of ether oxygens (including phenoxy) is 1. The first-order valence-electron chi connectivity index (χ1n) is 4.13. The molecule has 0 saturated heterocycles. The van der Waals surface area contributed by atoms with Crippen LogP contribution in [0.4, 0.5) is 4.39 Å². The lowest BCUT2D eigenvalue weighted by atomic mass is 9.96. The minimum Gasteiger partial charge on any atom is -0.366 e. The molecule has 0 fully saturated rings. The topological polar surface area (TPSA) is 9.23 Å². The van der Waals surface area contributed by atoms with Gasteiger partial charge in [-0.05, 0) is 31.5 Å². The summed E-state index contributed by atoms with van der Waals surface area (Å²) in [6.07, 6.45) is 0. The Morgan fingerprint density at radius 1 is 1.46 bits per heavy atom. The third-order valence-corrected chi connectivity index (χ3v) is 2.79. The zero-order valence-electron chi connectivity index (χ0n) is 7.53. The van der Waals surface area contributed by atoms with Crippen molar-refractivity contribution in [1.29, 1.82) is 0 Å². The van der Waals surface area contributed by atoms with Crippen molar-refractivity contribution in [3.8, 4) is 0 Å². The molecule has 1 aliphatic heterocycles. The molecule has 0 bridgehead atoms. The lowest BCUT2D eigenvalue weighted by Crippen LogP contribution is -2.16. The van der Waals surface area contributed by atoms with Gasteiger partial charge in [0.1, 0.15) is 5.82 Å². The van der Waals surface area contributed by atoms with Gasteiger partial charge in [0, 0.05) is 10.0 Å². The number of fused-ring (bicyclic) bond motifs is 1. The van der Waals surface area contributed by atoms with Crippen LogP contribution in [0.5, 0.6) is 0 Å². The van der Waals surface area contributed by atoms with Crippen molar-refractivity contribution < 1.29 is 9.13 Å². The monoisotopic (exact) mass is 244 g/mol. The standard InChI is InChI=1S/C10H10BrFO/c1-10(2)9-6(5-13-10)3-7(11)4-8(9)12/h3-4H,5H2,1-2H3. The fourth-order valence-electron chi connectivity index (χ4n) is 1.75. The van der Waals surface area contributed by atoms with Crippen molar-refractivity contribution in [1.82, 2.24) is 0 Å². The Bertz CT molecular complexity index is 360. The van der Waals surface area contributed by atoms with Crippen LogP contribution < -0.4 is 0 Å². The summed E-state index contributed by atoms with van der Waals surface area (Å²) in [6, 6.07) is 3.39. The van der Waals surface area contributed by atoms with Crippen LogP contribution in [0.2, 0.25) is 0 Å². The highest BCUT2D eigenvalue weighted by atomic mass is 79.9. The summed E-state index contributed by atoms with van der Waals surface area (Å²) in [7, 11) is 0. The molecule has 3 heteroatoms. The van der Waals surface area contributed by atoms with Gasteiger partial charge in [-0.3, -0.25) is 0 Å². The molecule has 70 valence electrons. The van der Waals surface area contributed by atoms with E-state index in [-0.39, 0.29) is 5.82 Å². The Kier molecular flexibility index (Phi) is 1.96. The van der Waals surface area contributed by atoms with Crippen molar-refractivity contribution >= 4 is 15.9 Å². The second kappa shape index (κ2) is 2.79. The summed E-state index contributed by atoms with van der Waals surface area (Å²) in [5.74, 6) is -0.188. The fraction of sp³-hybridized carbons (Fsp3) is 0.400. The minimum atomic E-state index is -0.486. The molecule has 0 amide bonds. The smallest absolute Gasteiger partial charge is 0.130 e. The van der Waals surface area contributed by atoms with Crippen LogP contribution in [0, 0.1) is 5.82 Å². The number of rotatable bonds is 0. The summed E-state index contributed by atoms with van der Waals surface area (Å²) in [4.78, 5) is 0. The molecule has 1 aromatic rings. The third-order valence-electron chi connectivity index (χ3n) is 2.33. The number of benzene rings is 1. The minimum absolute atomic E-state index is 0.188. The summed E-state index contributed by atoms with van der Waals surface area (Å²) >= 11 is 3.26. The van der Waals surface area contributed by atoms with E-state index in [0.29, 0.717) is 12.2 Å². The Labute approximate surface area is 85.0 Å². The SMILES string of the molecule is CC1(C)OCc2cc(Br)cc(F)c21. The highest BCUT2D eigenvalue weighted by Gasteiger charge is 2.33. The molecule has 0 saturated carbocycles. The summed E-state index contributed by atoms with van der Waals surface area (Å²) < 4.78 is 19.8. The first kappa shape index (κ1) is 9.16. The van der Waals surface area contributed by atoms with E-state index in [1.807, 2.05) is 19.9 Å². The zero-order valence-corrected chi connectivity index (χ0v) is 9.11. The van der Waals surface area contributed by atoms with Crippen LogP contribution in [0.15, 0.2) is 16.6 Å². The average Bonchev–Trinajstić information content (AvgIpc) is 2.26. The molecule has 0 N–H and O–H groups in total. The second-order valence-corrected chi connectivity index (χ2v) is 4.64. The molecule has 0 aromatic heterocycles. The van der Waals surface area contributed by atoms with Crippen molar-refractivity contribution in [3.05, 3.63) is 33.5 Å². The molecule has 1 heterocycles. The van der Waals surface area contributed by atoms with Crippen LogP contribution in [0.1, 0.15) is 25.0 Å². The molecule has 0 unspecified atom stereocenters. The van der Waals surface area contributed by atoms with Gasteiger partial charge in [-0.25, -0.2) is 4.39 Å². The molecule has 0 radical (unpaired) electrons. The van der Waals surface area contributed by atoms with E-state index in [0.717, 1.165) is 10.0 Å². The predicted molar refractivity (Wildman–Crippen MR) is 51.9 cm³/mol. The fourth-order valence-corrected chi connectivity index (χ4v) is 2.22. The first-order chi connectivity index (χ1) is 6.00. The van der Waals surface area contributed by atoms with Gasteiger partial charge in [0.15, 0.2) is 0 Å². The van der Waals surface area contributed by atoms with Crippen LogP contribution in [0.25, 0.3) is 0 Å². The lowest BCUT2D eigenvalue weighted by molar-refractivity contribution is -0.00957. The van der Waals surface area contributed by atoms with E-state index in [9.17, 15) is 4.39 Å². The van der Waals surface area contributed by atoms with Crippen molar-refractivity contribution in [2.24, 2.45) is 0 Å². The van der Waals surface area contributed by atoms with Crippen LogP contribution >= 0.6 is 15.9 Å². The quantitative estimate of drug-likeness (QED) is 0.681. The maximum Gasteiger partial charge on any atom is 0.130 e. The van der Waals surface area contributed by atoms with E-state index in [4.69, 9.17) is 4.74 Å².